The Labute approximate surface area is 215 Å². The molecule has 1 unspecified atom stereocenters. The van der Waals surface area contributed by atoms with Crippen LogP contribution < -0.4 is 14.2 Å². The van der Waals surface area contributed by atoms with Gasteiger partial charge in [0.1, 0.15) is 18.1 Å². The van der Waals surface area contributed by atoms with Crippen molar-refractivity contribution in [2.75, 3.05) is 27.4 Å². The van der Waals surface area contributed by atoms with E-state index in [0.717, 1.165) is 0 Å². The Morgan fingerprint density at radius 3 is 2.49 bits per heavy atom. The van der Waals surface area contributed by atoms with Crippen LogP contribution in [0.3, 0.4) is 0 Å². The summed E-state index contributed by atoms with van der Waals surface area (Å²) >= 11 is 0. The molecule has 9 nitrogen and oxygen atoms in total. The Bertz CT molecular complexity index is 1300. The maximum absolute atomic E-state index is 13.3. The van der Waals surface area contributed by atoms with Crippen molar-refractivity contribution in [3.05, 3.63) is 90.5 Å². The number of Topliss-reactive ketones (excluding diaryl/α,β-unsaturated/α-hetero) is 1. The number of aliphatic hydroxyl groups is 1. The van der Waals surface area contributed by atoms with Gasteiger partial charge in [0.15, 0.2) is 11.5 Å². The monoisotopic (exact) mass is 503 g/mol. The number of imidazole rings is 1. The minimum Gasteiger partial charge on any atom is -0.507 e. The summed E-state index contributed by atoms with van der Waals surface area (Å²) in [6.07, 6.45) is 7.43. The minimum absolute atomic E-state index is 0.0135. The first kappa shape index (κ1) is 25.6. The van der Waals surface area contributed by atoms with Gasteiger partial charge in [-0.3, -0.25) is 9.59 Å². The standard InChI is InChI=1S/C28H29N3O6/c1-4-16-37-21-9-6-19(7-10-21)26(32)24-25(20-8-11-22(35-2)23(17-20)36-3)31(28(34)27(24)33)14-5-13-30-15-12-29-18-30/h4,6-12,15,17-18,25,32H,1,5,13-14,16H2,2-3H3/b26-24+. The molecule has 1 aliphatic rings. The van der Waals surface area contributed by atoms with Gasteiger partial charge < -0.3 is 28.8 Å². The highest BCUT2D eigenvalue weighted by atomic mass is 16.5. The van der Waals surface area contributed by atoms with Gasteiger partial charge in [0.25, 0.3) is 11.7 Å². The van der Waals surface area contributed by atoms with Crippen molar-refractivity contribution in [1.29, 1.82) is 0 Å². The number of aliphatic hydroxyl groups excluding tert-OH is 1. The third-order valence-corrected chi connectivity index (χ3v) is 6.13. The molecule has 1 amide bonds. The van der Waals surface area contributed by atoms with Crippen molar-refractivity contribution in [1.82, 2.24) is 14.5 Å². The molecule has 37 heavy (non-hydrogen) atoms. The van der Waals surface area contributed by atoms with E-state index < -0.39 is 17.7 Å². The summed E-state index contributed by atoms with van der Waals surface area (Å²) < 4.78 is 18.2. The lowest BCUT2D eigenvalue weighted by Crippen LogP contribution is -2.31. The van der Waals surface area contributed by atoms with Crippen LogP contribution in [0.4, 0.5) is 0 Å². The molecule has 0 aliphatic carbocycles. The van der Waals surface area contributed by atoms with Gasteiger partial charge in [0.05, 0.1) is 32.2 Å². The van der Waals surface area contributed by atoms with Crippen LogP contribution in [0.15, 0.2) is 79.4 Å². The smallest absolute Gasteiger partial charge is 0.295 e. The number of aromatic nitrogens is 2. The van der Waals surface area contributed by atoms with E-state index in [1.54, 1.807) is 61.1 Å². The Morgan fingerprint density at radius 1 is 1.08 bits per heavy atom. The number of ether oxygens (including phenoxy) is 3. The lowest BCUT2D eigenvalue weighted by molar-refractivity contribution is -0.139. The fourth-order valence-electron chi connectivity index (χ4n) is 4.34. The molecule has 0 bridgehead atoms. The number of likely N-dealkylation sites (tertiary alicyclic amines) is 1. The molecule has 1 N–H and O–H groups in total. The Balaban J connectivity index is 1.74. The SMILES string of the molecule is C=CCOc1ccc(/C(O)=C2\C(=O)C(=O)N(CCCn3ccnc3)C2c2ccc(OC)c(OC)c2)cc1. The molecule has 1 atom stereocenters. The molecule has 1 saturated heterocycles. The van der Waals surface area contributed by atoms with Crippen molar-refractivity contribution in [2.45, 2.75) is 19.0 Å². The minimum atomic E-state index is -0.806. The molecule has 1 aromatic heterocycles. The summed E-state index contributed by atoms with van der Waals surface area (Å²) in [5, 5.41) is 11.3. The van der Waals surface area contributed by atoms with E-state index >= 15 is 0 Å². The average molecular weight is 504 g/mol. The zero-order valence-corrected chi connectivity index (χ0v) is 20.8. The van der Waals surface area contributed by atoms with Gasteiger partial charge in [-0.15, -0.1) is 0 Å². The first-order valence-corrected chi connectivity index (χ1v) is 11.8. The predicted molar refractivity (Wildman–Crippen MR) is 138 cm³/mol. The molecule has 4 rings (SSSR count). The molecule has 1 fully saturated rings. The van der Waals surface area contributed by atoms with Crippen LogP contribution in [-0.2, 0) is 16.1 Å². The fourth-order valence-corrected chi connectivity index (χ4v) is 4.34. The molecule has 2 heterocycles. The van der Waals surface area contributed by atoms with Crippen molar-refractivity contribution in [2.24, 2.45) is 0 Å². The number of rotatable bonds is 11. The summed E-state index contributed by atoms with van der Waals surface area (Å²) in [6, 6.07) is 11.1. The number of methoxy groups -OCH3 is 2. The van der Waals surface area contributed by atoms with E-state index in [9.17, 15) is 14.7 Å². The molecular weight excluding hydrogens is 474 g/mol. The van der Waals surface area contributed by atoms with Gasteiger partial charge in [0.2, 0.25) is 0 Å². The molecule has 2 aromatic carbocycles. The molecule has 0 spiro atoms. The second kappa shape index (κ2) is 11.5. The molecule has 0 radical (unpaired) electrons. The molecule has 3 aromatic rings. The average Bonchev–Trinajstić information content (AvgIpc) is 3.53. The van der Waals surface area contributed by atoms with Gasteiger partial charge >= 0.3 is 0 Å². The van der Waals surface area contributed by atoms with Crippen LogP contribution in [0.2, 0.25) is 0 Å². The number of aryl methyl sites for hydroxylation is 1. The van der Waals surface area contributed by atoms with Crippen LogP contribution >= 0.6 is 0 Å². The first-order chi connectivity index (χ1) is 18.0. The third-order valence-electron chi connectivity index (χ3n) is 6.13. The van der Waals surface area contributed by atoms with Crippen LogP contribution in [0, 0.1) is 0 Å². The lowest BCUT2D eigenvalue weighted by Gasteiger charge is -2.26. The van der Waals surface area contributed by atoms with Gasteiger partial charge in [-0.2, -0.15) is 0 Å². The largest absolute Gasteiger partial charge is 0.507 e. The maximum atomic E-state index is 13.3. The molecule has 192 valence electrons. The predicted octanol–water partition coefficient (Wildman–Crippen LogP) is 3.98. The summed E-state index contributed by atoms with van der Waals surface area (Å²) in [6.45, 7) is 4.88. The fraction of sp³-hybridized carbons (Fsp3) is 0.250. The third kappa shape index (κ3) is 5.35. The second-order valence-corrected chi connectivity index (χ2v) is 8.39. The lowest BCUT2D eigenvalue weighted by atomic mass is 9.95. The summed E-state index contributed by atoms with van der Waals surface area (Å²) in [4.78, 5) is 32.0. The number of benzene rings is 2. The van der Waals surface area contributed by atoms with Crippen LogP contribution in [0.1, 0.15) is 23.6 Å². The number of carbonyl (C=O) groups excluding carboxylic acids is 2. The van der Waals surface area contributed by atoms with E-state index in [1.165, 1.54) is 19.1 Å². The molecular formula is C28H29N3O6. The number of hydrogen-bond acceptors (Lipinski definition) is 7. The van der Waals surface area contributed by atoms with Gasteiger partial charge in [-0.1, -0.05) is 18.7 Å². The number of carbonyl (C=O) groups is 2. The number of ketones is 1. The van der Waals surface area contributed by atoms with Crippen molar-refractivity contribution < 1.29 is 28.9 Å². The maximum Gasteiger partial charge on any atom is 0.295 e. The highest BCUT2D eigenvalue weighted by Gasteiger charge is 2.46. The van der Waals surface area contributed by atoms with Crippen molar-refractivity contribution >= 4 is 17.4 Å². The molecule has 9 heteroatoms. The normalized spacial score (nSPS) is 16.6. The first-order valence-electron chi connectivity index (χ1n) is 11.8. The van der Waals surface area contributed by atoms with Gasteiger partial charge in [-0.25, -0.2) is 4.98 Å². The van der Waals surface area contributed by atoms with Crippen molar-refractivity contribution in [3.63, 3.8) is 0 Å². The van der Waals surface area contributed by atoms with Gasteiger partial charge in [0, 0.05) is 31.0 Å². The van der Waals surface area contributed by atoms with E-state index in [4.69, 9.17) is 14.2 Å². The molecule has 0 saturated carbocycles. The van der Waals surface area contributed by atoms with Gasteiger partial charge in [-0.05, 0) is 48.4 Å². The van der Waals surface area contributed by atoms with E-state index in [-0.39, 0.29) is 11.3 Å². The second-order valence-electron chi connectivity index (χ2n) is 8.39. The summed E-state index contributed by atoms with van der Waals surface area (Å²) in [5.41, 5.74) is 1.03. The van der Waals surface area contributed by atoms with Crippen LogP contribution in [-0.4, -0.2) is 58.6 Å². The Hall–Kier alpha value is -4.53. The Morgan fingerprint density at radius 2 is 1.84 bits per heavy atom. The van der Waals surface area contributed by atoms with Crippen LogP contribution in [0.5, 0.6) is 17.2 Å². The molecule has 1 aliphatic heterocycles. The quantitative estimate of drug-likeness (QED) is 0.183. The highest BCUT2D eigenvalue weighted by Crippen LogP contribution is 2.42. The van der Waals surface area contributed by atoms with E-state index in [0.29, 0.717) is 54.5 Å². The van der Waals surface area contributed by atoms with Crippen LogP contribution in [0.25, 0.3) is 5.76 Å². The van der Waals surface area contributed by atoms with E-state index in [2.05, 4.69) is 11.6 Å². The summed E-state index contributed by atoms with van der Waals surface area (Å²) in [7, 11) is 3.04. The number of nitrogens with zero attached hydrogens (tertiary/aromatic N) is 3. The number of hydrogen-bond donors (Lipinski definition) is 1. The topological polar surface area (TPSA) is 103 Å². The zero-order chi connectivity index (χ0) is 26.4. The zero-order valence-electron chi connectivity index (χ0n) is 20.8. The summed E-state index contributed by atoms with van der Waals surface area (Å²) in [5.74, 6) is -0.116. The Kier molecular flexibility index (Phi) is 7.92. The highest BCUT2D eigenvalue weighted by molar-refractivity contribution is 6.46. The van der Waals surface area contributed by atoms with Crippen molar-refractivity contribution in [3.8, 4) is 17.2 Å². The van der Waals surface area contributed by atoms with E-state index in [1.807, 2.05) is 10.8 Å². The number of amides is 1.